The molecule has 14 heavy (non-hydrogen) atoms. The Morgan fingerprint density at radius 2 is 2.00 bits per heavy atom. The smallest absolute Gasteiger partial charge is 0.152 e. The summed E-state index contributed by atoms with van der Waals surface area (Å²) in [6, 6.07) is 7.47. The number of terminal acetylenes is 1. The van der Waals surface area contributed by atoms with Crippen molar-refractivity contribution in [3.8, 4) is 12.3 Å². The molecule has 0 unspecified atom stereocenters. The average Bonchev–Trinajstić information content (AvgIpc) is 2.27. The third-order valence-corrected chi connectivity index (χ3v) is 2.09. The summed E-state index contributed by atoms with van der Waals surface area (Å²) >= 11 is 0. The van der Waals surface area contributed by atoms with E-state index in [0.29, 0.717) is 11.3 Å². The van der Waals surface area contributed by atoms with Crippen LogP contribution in [0.5, 0.6) is 0 Å². The largest absolute Gasteiger partial charge is 0.298 e. The van der Waals surface area contributed by atoms with Gasteiger partial charge in [0.2, 0.25) is 0 Å². The predicted octanol–water partition coefficient (Wildman–Crippen LogP) is 2.03. The third-order valence-electron chi connectivity index (χ3n) is 2.09. The van der Waals surface area contributed by atoms with Crippen molar-refractivity contribution in [2.45, 2.75) is 0 Å². The van der Waals surface area contributed by atoms with E-state index in [9.17, 15) is 4.79 Å². The topological polar surface area (TPSA) is 30.0 Å². The number of hydrogen-bond donors (Lipinski definition) is 0. The molecule has 0 aliphatic rings. The summed E-state index contributed by atoms with van der Waals surface area (Å²) in [7, 11) is 0. The first-order valence-electron chi connectivity index (χ1n) is 4.16. The normalized spacial score (nSPS) is 9.64. The van der Waals surface area contributed by atoms with Gasteiger partial charge in [0.05, 0.1) is 0 Å². The van der Waals surface area contributed by atoms with Crippen molar-refractivity contribution < 1.29 is 4.79 Å². The van der Waals surface area contributed by atoms with Crippen molar-refractivity contribution in [3.63, 3.8) is 0 Å². The molecular weight excluding hydrogens is 174 g/mol. The number of aromatic nitrogens is 1. The minimum Gasteiger partial charge on any atom is -0.298 e. The van der Waals surface area contributed by atoms with Gasteiger partial charge in [0, 0.05) is 17.1 Å². The van der Waals surface area contributed by atoms with Crippen LogP contribution in [0.3, 0.4) is 0 Å². The number of hydrogen-bond acceptors (Lipinski definition) is 2. The first kappa shape index (κ1) is 8.46. The molecule has 1 aromatic heterocycles. The van der Waals surface area contributed by atoms with Gasteiger partial charge in [-0.05, 0) is 11.3 Å². The van der Waals surface area contributed by atoms with E-state index in [0.717, 1.165) is 17.1 Å². The molecule has 2 heteroatoms. The first-order valence-corrected chi connectivity index (χ1v) is 4.16. The highest BCUT2D eigenvalue weighted by Gasteiger charge is 2.03. The molecule has 0 aliphatic heterocycles. The molecule has 66 valence electrons. The second-order valence-electron chi connectivity index (χ2n) is 2.87. The lowest BCUT2D eigenvalue weighted by Crippen LogP contribution is -1.90. The molecule has 0 bridgehead atoms. The molecule has 0 N–H and O–H groups in total. The minimum atomic E-state index is 0.569. The number of aldehydes is 1. The summed E-state index contributed by atoms with van der Waals surface area (Å²) in [6.45, 7) is 0. The lowest BCUT2D eigenvalue weighted by molar-refractivity contribution is 0.112. The Balaban J connectivity index is 2.93. The number of carbonyl (C=O) groups excluding carboxylic acids is 1. The van der Waals surface area contributed by atoms with E-state index >= 15 is 0 Å². The van der Waals surface area contributed by atoms with Gasteiger partial charge >= 0.3 is 0 Å². The summed E-state index contributed by atoms with van der Waals surface area (Å²) in [5.74, 6) is 2.49. The van der Waals surface area contributed by atoms with E-state index in [4.69, 9.17) is 6.42 Å². The molecule has 2 nitrogen and oxygen atoms in total. The highest BCUT2D eigenvalue weighted by molar-refractivity contribution is 5.99. The van der Waals surface area contributed by atoms with Crippen LogP contribution in [0.25, 0.3) is 10.8 Å². The Hall–Kier alpha value is -2.14. The van der Waals surface area contributed by atoms with Crippen molar-refractivity contribution in [1.29, 1.82) is 0 Å². The van der Waals surface area contributed by atoms with E-state index in [1.165, 1.54) is 6.20 Å². The lowest BCUT2D eigenvalue weighted by atomic mass is 10.1. The molecule has 1 heterocycles. The Morgan fingerprint density at radius 3 is 2.64 bits per heavy atom. The summed E-state index contributed by atoms with van der Waals surface area (Å²) in [5.41, 5.74) is 1.14. The van der Waals surface area contributed by atoms with E-state index < -0.39 is 0 Å². The van der Waals surface area contributed by atoms with Crippen molar-refractivity contribution in [2.75, 3.05) is 0 Å². The first-order chi connectivity index (χ1) is 6.86. The molecule has 0 aliphatic carbocycles. The SMILES string of the molecule is C#Cc1ncc(C=O)c2ccccc12. The lowest BCUT2D eigenvalue weighted by Gasteiger charge is -2.01. The molecule has 2 aromatic rings. The van der Waals surface area contributed by atoms with E-state index in [-0.39, 0.29) is 0 Å². The average molecular weight is 181 g/mol. The van der Waals surface area contributed by atoms with Gasteiger partial charge in [0.25, 0.3) is 0 Å². The molecular formula is C12H7NO. The maximum atomic E-state index is 10.7. The van der Waals surface area contributed by atoms with Crippen LogP contribution in [0, 0.1) is 12.3 Å². The molecule has 0 saturated heterocycles. The Labute approximate surface area is 81.6 Å². The van der Waals surface area contributed by atoms with Gasteiger partial charge in [-0.15, -0.1) is 6.42 Å². The van der Waals surface area contributed by atoms with Crippen molar-refractivity contribution >= 4 is 17.1 Å². The number of pyridine rings is 1. The van der Waals surface area contributed by atoms with E-state index in [1.54, 1.807) is 0 Å². The van der Waals surface area contributed by atoms with E-state index in [1.807, 2.05) is 24.3 Å². The van der Waals surface area contributed by atoms with Gasteiger partial charge in [0.1, 0.15) is 5.69 Å². The third kappa shape index (κ3) is 1.16. The summed E-state index contributed by atoms with van der Waals surface area (Å²) < 4.78 is 0. The predicted molar refractivity (Wildman–Crippen MR) is 55.1 cm³/mol. The van der Waals surface area contributed by atoms with Crippen LogP contribution in [0.2, 0.25) is 0 Å². The Morgan fingerprint density at radius 1 is 1.29 bits per heavy atom. The summed E-state index contributed by atoms with van der Waals surface area (Å²) in [5, 5.41) is 1.70. The van der Waals surface area contributed by atoms with Crippen LogP contribution >= 0.6 is 0 Å². The molecule has 0 radical (unpaired) electrons. The van der Waals surface area contributed by atoms with Crippen LogP contribution in [0.15, 0.2) is 30.5 Å². The molecule has 2 rings (SSSR count). The zero-order valence-corrected chi connectivity index (χ0v) is 7.40. The maximum Gasteiger partial charge on any atom is 0.152 e. The molecule has 0 saturated carbocycles. The van der Waals surface area contributed by atoms with Crippen LogP contribution in [-0.4, -0.2) is 11.3 Å². The standard InChI is InChI=1S/C12H7NO/c1-2-12-11-6-4-3-5-10(11)9(8-14)7-13-12/h1,3-8H. The number of carbonyl (C=O) groups is 1. The van der Waals surface area contributed by atoms with Crippen molar-refractivity contribution in [1.82, 2.24) is 4.98 Å². The van der Waals surface area contributed by atoms with Crippen LogP contribution < -0.4 is 0 Å². The fourth-order valence-corrected chi connectivity index (χ4v) is 1.42. The fourth-order valence-electron chi connectivity index (χ4n) is 1.42. The number of fused-ring (bicyclic) bond motifs is 1. The van der Waals surface area contributed by atoms with Crippen LogP contribution in [-0.2, 0) is 0 Å². The highest BCUT2D eigenvalue weighted by atomic mass is 16.1. The number of rotatable bonds is 1. The second-order valence-corrected chi connectivity index (χ2v) is 2.87. The molecule has 0 amide bonds. The number of benzene rings is 1. The zero-order valence-electron chi connectivity index (χ0n) is 7.40. The Kier molecular flexibility index (Phi) is 2.00. The van der Waals surface area contributed by atoms with Gasteiger partial charge in [0.15, 0.2) is 6.29 Å². The van der Waals surface area contributed by atoms with Gasteiger partial charge in [-0.2, -0.15) is 0 Å². The van der Waals surface area contributed by atoms with Gasteiger partial charge in [-0.1, -0.05) is 24.3 Å². The van der Waals surface area contributed by atoms with Gasteiger partial charge in [-0.3, -0.25) is 4.79 Å². The Bertz CT molecular complexity index is 538. The van der Waals surface area contributed by atoms with E-state index in [2.05, 4.69) is 10.9 Å². The quantitative estimate of drug-likeness (QED) is 0.497. The van der Waals surface area contributed by atoms with Crippen LogP contribution in [0.1, 0.15) is 16.1 Å². The molecule has 0 atom stereocenters. The second kappa shape index (κ2) is 3.31. The maximum absolute atomic E-state index is 10.7. The van der Waals surface area contributed by atoms with Gasteiger partial charge in [-0.25, -0.2) is 4.98 Å². The summed E-state index contributed by atoms with van der Waals surface area (Å²) in [4.78, 5) is 14.8. The van der Waals surface area contributed by atoms with Crippen molar-refractivity contribution in [2.24, 2.45) is 0 Å². The van der Waals surface area contributed by atoms with Gasteiger partial charge < -0.3 is 0 Å². The molecule has 0 spiro atoms. The minimum absolute atomic E-state index is 0.569. The molecule has 0 fully saturated rings. The molecule has 1 aromatic carbocycles. The zero-order chi connectivity index (χ0) is 9.97. The summed E-state index contributed by atoms with van der Waals surface area (Å²) in [6.07, 6.45) is 7.60. The number of nitrogens with zero attached hydrogens (tertiary/aromatic N) is 1. The highest BCUT2D eigenvalue weighted by Crippen LogP contribution is 2.18. The van der Waals surface area contributed by atoms with Crippen LogP contribution in [0.4, 0.5) is 0 Å². The van der Waals surface area contributed by atoms with Crippen molar-refractivity contribution in [3.05, 3.63) is 41.7 Å². The fraction of sp³-hybridized carbons (Fsp3) is 0. The monoisotopic (exact) mass is 181 g/mol.